The SMILES string of the molecule is COC(=O)C(C)(CSCC(C)CO)NC(C)C. The Bertz CT molecular complexity index is 236. The molecule has 102 valence electrons. The Morgan fingerprint density at radius 3 is 2.47 bits per heavy atom. The van der Waals surface area contributed by atoms with Crippen molar-refractivity contribution in [1.29, 1.82) is 0 Å². The quantitative estimate of drug-likeness (QED) is 0.646. The minimum Gasteiger partial charge on any atom is -0.468 e. The van der Waals surface area contributed by atoms with Crippen LogP contribution in [0.4, 0.5) is 0 Å². The van der Waals surface area contributed by atoms with E-state index >= 15 is 0 Å². The Morgan fingerprint density at radius 1 is 1.47 bits per heavy atom. The van der Waals surface area contributed by atoms with Gasteiger partial charge in [0.25, 0.3) is 0 Å². The highest BCUT2D eigenvalue weighted by Crippen LogP contribution is 2.18. The average Bonchev–Trinajstić information content (AvgIpc) is 2.26. The first-order valence-corrected chi connectivity index (χ1v) is 7.06. The van der Waals surface area contributed by atoms with Crippen LogP contribution in [0, 0.1) is 5.92 Å². The summed E-state index contributed by atoms with van der Waals surface area (Å²) in [5.41, 5.74) is -0.664. The van der Waals surface area contributed by atoms with E-state index in [1.807, 2.05) is 27.7 Å². The van der Waals surface area contributed by atoms with Gasteiger partial charge >= 0.3 is 5.97 Å². The standard InChI is InChI=1S/C12H25NO3S/c1-9(2)13-12(4,11(15)16-5)8-17-7-10(3)6-14/h9-10,13-14H,6-8H2,1-5H3. The van der Waals surface area contributed by atoms with Crippen molar-refractivity contribution >= 4 is 17.7 Å². The lowest BCUT2D eigenvalue weighted by Gasteiger charge is -2.30. The van der Waals surface area contributed by atoms with E-state index < -0.39 is 5.54 Å². The van der Waals surface area contributed by atoms with Gasteiger partial charge in [-0.3, -0.25) is 10.1 Å². The molecular weight excluding hydrogens is 238 g/mol. The molecule has 0 spiro atoms. The molecule has 0 heterocycles. The molecule has 0 fully saturated rings. The third-order valence-electron chi connectivity index (χ3n) is 2.35. The van der Waals surface area contributed by atoms with Gasteiger partial charge in [-0.2, -0.15) is 11.8 Å². The molecule has 0 radical (unpaired) electrons. The van der Waals surface area contributed by atoms with Gasteiger partial charge in [-0.25, -0.2) is 0 Å². The zero-order valence-corrected chi connectivity index (χ0v) is 12.3. The summed E-state index contributed by atoms with van der Waals surface area (Å²) in [6.45, 7) is 8.03. The number of aliphatic hydroxyl groups excluding tert-OH is 1. The van der Waals surface area contributed by atoms with Gasteiger partial charge in [-0.1, -0.05) is 6.92 Å². The molecule has 0 aliphatic heterocycles. The van der Waals surface area contributed by atoms with E-state index in [2.05, 4.69) is 5.32 Å². The lowest BCUT2D eigenvalue weighted by atomic mass is 10.0. The number of methoxy groups -OCH3 is 1. The lowest BCUT2D eigenvalue weighted by Crippen LogP contribution is -2.55. The number of thioether (sulfide) groups is 1. The molecule has 0 aliphatic carbocycles. The summed E-state index contributed by atoms with van der Waals surface area (Å²) < 4.78 is 4.84. The van der Waals surface area contributed by atoms with Crippen molar-refractivity contribution in [3.63, 3.8) is 0 Å². The molecule has 0 aliphatic rings. The molecule has 0 rings (SSSR count). The van der Waals surface area contributed by atoms with Crippen molar-refractivity contribution in [1.82, 2.24) is 5.32 Å². The zero-order chi connectivity index (χ0) is 13.5. The minimum atomic E-state index is -0.664. The van der Waals surface area contributed by atoms with Crippen molar-refractivity contribution in [2.24, 2.45) is 5.92 Å². The molecule has 0 aromatic carbocycles. The molecule has 5 heteroatoms. The Balaban J connectivity index is 4.34. The number of ether oxygens (including phenoxy) is 1. The molecule has 0 saturated heterocycles. The highest BCUT2D eigenvalue weighted by atomic mass is 32.2. The fraction of sp³-hybridized carbons (Fsp3) is 0.917. The second-order valence-electron chi connectivity index (χ2n) is 4.93. The van der Waals surface area contributed by atoms with E-state index in [-0.39, 0.29) is 24.5 Å². The fourth-order valence-corrected chi connectivity index (χ4v) is 2.77. The van der Waals surface area contributed by atoms with E-state index in [0.29, 0.717) is 5.75 Å². The van der Waals surface area contributed by atoms with Gasteiger partial charge in [0, 0.05) is 18.4 Å². The second kappa shape index (κ2) is 7.95. The zero-order valence-electron chi connectivity index (χ0n) is 11.4. The molecule has 4 nitrogen and oxygen atoms in total. The number of aliphatic hydroxyl groups is 1. The van der Waals surface area contributed by atoms with Crippen molar-refractivity contribution in [3.8, 4) is 0 Å². The van der Waals surface area contributed by atoms with Gasteiger partial charge in [-0.05, 0) is 32.4 Å². The monoisotopic (exact) mass is 263 g/mol. The van der Waals surface area contributed by atoms with Crippen molar-refractivity contribution in [2.45, 2.75) is 39.3 Å². The van der Waals surface area contributed by atoms with E-state index in [4.69, 9.17) is 9.84 Å². The predicted molar refractivity (Wildman–Crippen MR) is 72.3 cm³/mol. The number of esters is 1. The van der Waals surface area contributed by atoms with Gasteiger partial charge in [0.15, 0.2) is 0 Å². The average molecular weight is 263 g/mol. The van der Waals surface area contributed by atoms with Crippen LogP contribution in [0.5, 0.6) is 0 Å². The van der Waals surface area contributed by atoms with E-state index in [0.717, 1.165) is 5.75 Å². The second-order valence-corrected chi connectivity index (χ2v) is 5.96. The maximum absolute atomic E-state index is 11.8. The molecule has 2 atom stereocenters. The van der Waals surface area contributed by atoms with Crippen molar-refractivity contribution < 1.29 is 14.6 Å². The topological polar surface area (TPSA) is 58.6 Å². The van der Waals surface area contributed by atoms with E-state index in [1.54, 1.807) is 11.8 Å². The van der Waals surface area contributed by atoms with Gasteiger partial charge in [0.1, 0.15) is 5.54 Å². The molecule has 0 aromatic heterocycles. The summed E-state index contributed by atoms with van der Waals surface area (Å²) in [7, 11) is 1.41. The van der Waals surface area contributed by atoms with E-state index in [9.17, 15) is 4.79 Å². The lowest BCUT2D eigenvalue weighted by molar-refractivity contribution is -0.147. The maximum Gasteiger partial charge on any atom is 0.326 e. The first-order chi connectivity index (χ1) is 7.85. The normalized spacial score (nSPS) is 16.6. The molecular formula is C12H25NO3S. The first-order valence-electron chi connectivity index (χ1n) is 5.90. The number of nitrogens with one attached hydrogen (secondary N) is 1. The fourth-order valence-electron chi connectivity index (χ4n) is 1.54. The Hall–Kier alpha value is -0.260. The van der Waals surface area contributed by atoms with Crippen LogP contribution in [0.3, 0.4) is 0 Å². The first kappa shape index (κ1) is 16.7. The highest BCUT2D eigenvalue weighted by molar-refractivity contribution is 7.99. The van der Waals surface area contributed by atoms with Crippen LogP contribution >= 0.6 is 11.8 Å². The van der Waals surface area contributed by atoms with Gasteiger partial charge in [0.2, 0.25) is 0 Å². The van der Waals surface area contributed by atoms with Crippen LogP contribution in [0.2, 0.25) is 0 Å². The maximum atomic E-state index is 11.8. The van der Waals surface area contributed by atoms with Crippen LogP contribution < -0.4 is 5.32 Å². The van der Waals surface area contributed by atoms with Crippen LogP contribution in [0.25, 0.3) is 0 Å². The number of hydrogen-bond donors (Lipinski definition) is 2. The van der Waals surface area contributed by atoms with Crippen LogP contribution in [0.1, 0.15) is 27.7 Å². The molecule has 0 aromatic rings. The Labute approximate surface area is 108 Å². The summed E-state index contributed by atoms with van der Waals surface area (Å²) in [6.07, 6.45) is 0. The number of hydrogen-bond acceptors (Lipinski definition) is 5. The van der Waals surface area contributed by atoms with E-state index in [1.165, 1.54) is 7.11 Å². The Morgan fingerprint density at radius 2 is 2.06 bits per heavy atom. The Kier molecular flexibility index (Phi) is 7.83. The molecule has 2 N–H and O–H groups in total. The van der Waals surface area contributed by atoms with Crippen molar-refractivity contribution in [2.75, 3.05) is 25.2 Å². The summed E-state index contributed by atoms with van der Waals surface area (Å²) in [4.78, 5) is 11.8. The largest absolute Gasteiger partial charge is 0.468 e. The number of rotatable bonds is 8. The number of carbonyl (C=O) groups excluding carboxylic acids is 1. The van der Waals surface area contributed by atoms with Crippen LogP contribution in [-0.2, 0) is 9.53 Å². The third kappa shape index (κ3) is 6.29. The van der Waals surface area contributed by atoms with Gasteiger partial charge < -0.3 is 9.84 Å². The summed E-state index contributed by atoms with van der Waals surface area (Å²) in [5.74, 6) is 1.49. The number of carbonyl (C=O) groups is 1. The van der Waals surface area contributed by atoms with Gasteiger partial charge in [0.05, 0.1) is 7.11 Å². The van der Waals surface area contributed by atoms with Crippen LogP contribution in [-0.4, -0.2) is 47.9 Å². The molecule has 0 amide bonds. The predicted octanol–water partition coefficient (Wildman–Crippen LogP) is 1.28. The summed E-state index contributed by atoms with van der Waals surface area (Å²) in [6, 6.07) is 0.218. The smallest absolute Gasteiger partial charge is 0.326 e. The molecule has 2 unspecified atom stereocenters. The highest BCUT2D eigenvalue weighted by Gasteiger charge is 2.34. The van der Waals surface area contributed by atoms with Gasteiger partial charge in [-0.15, -0.1) is 0 Å². The summed E-state index contributed by atoms with van der Waals surface area (Å²) in [5, 5.41) is 12.2. The van der Waals surface area contributed by atoms with Crippen molar-refractivity contribution in [3.05, 3.63) is 0 Å². The molecule has 0 bridgehead atoms. The molecule has 0 saturated carbocycles. The van der Waals surface area contributed by atoms with Crippen LogP contribution in [0.15, 0.2) is 0 Å². The third-order valence-corrected chi connectivity index (χ3v) is 3.93. The summed E-state index contributed by atoms with van der Waals surface area (Å²) >= 11 is 1.66. The minimum absolute atomic E-state index is 0.180. The molecule has 17 heavy (non-hydrogen) atoms.